The monoisotopic (exact) mass is 234 g/mol. The largest absolute Gasteiger partial charge is 0.442 e. The Morgan fingerprint density at radius 2 is 1.88 bits per heavy atom. The SMILES string of the molecule is CC(C)(C)C(=O)OCN=C(N)c1ccccc1. The Balaban J connectivity index is 2.53. The first-order valence-corrected chi connectivity index (χ1v) is 5.44. The number of aliphatic imine (C=N–C) groups is 1. The van der Waals surface area contributed by atoms with Gasteiger partial charge in [0.25, 0.3) is 0 Å². The Kier molecular flexibility index (Phi) is 4.26. The highest BCUT2D eigenvalue weighted by Gasteiger charge is 2.22. The number of benzene rings is 1. The highest BCUT2D eigenvalue weighted by Crippen LogP contribution is 2.14. The molecule has 0 bridgehead atoms. The third kappa shape index (κ3) is 4.26. The van der Waals surface area contributed by atoms with Crippen LogP contribution in [0.4, 0.5) is 0 Å². The van der Waals surface area contributed by atoms with E-state index in [-0.39, 0.29) is 12.7 Å². The molecule has 0 aromatic heterocycles. The van der Waals surface area contributed by atoms with Crippen molar-refractivity contribution < 1.29 is 9.53 Å². The molecular weight excluding hydrogens is 216 g/mol. The van der Waals surface area contributed by atoms with Gasteiger partial charge in [0.05, 0.1) is 5.41 Å². The van der Waals surface area contributed by atoms with Crippen molar-refractivity contribution >= 4 is 11.8 Å². The molecule has 0 unspecified atom stereocenters. The summed E-state index contributed by atoms with van der Waals surface area (Å²) < 4.78 is 4.99. The second-order valence-corrected chi connectivity index (χ2v) is 4.72. The van der Waals surface area contributed by atoms with E-state index in [0.29, 0.717) is 5.84 Å². The van der Waals surface area contributed by atoms with Crippen LogP contribution in [0.1, 0.15) is 26.3 Å². The highest BCUT2D eigenvalue weighted by atomic mass is 16.5. The molecule has 0 aliphatic heterocycles. The highest BCUT2D eigenvalue weighted by molar-refractivity contribution is 5.97. The smallest absolute Gasteiger partial charge is 0.313 e. The van der Waals surface area contributed by atoms with Gasteiger partial charge in [0, 0.05) is 5.56 Å². The fourth-order valence-electron chi connectivity index (χ4n) is 1.08. The van der Waals surface area contributed by atoms with Crippen LogP contribution in [0.3, 0.4) is 0 Å². The number of nitrogens with zero attached hydrogens (tertiary/aromatic N) is 1. The van der Waals surface area contributed by atoms with Crippen molar-refractivity contribution in [3.05, 3.63) is 35.9 Å². The van der Waals surface area contributed by atoms with Crippen molar-refractivity contribution in [1.29, 1.82) is 0 Å². The van der Waals surface area contributed by atoms with Gasteiger partial charge in [-0.25, -0.2) is 4.99 Å². The molecule has 0 heterocycles. The van der Waals surface area contributed by atoms with E-state index in [1.807, 2.05) is 30.3 Å². The minimum atomic E-state index is -0.517. The summed E-state index contributed by atoms with van der Waals surface area (Å²) in [5.74, 6) is 0.0782. The first kappa shape index (κ1) is 13.2. The Bertz CT molecular complexity index is 405. The summed E-state index contributed by atoms with van der Waals surface area (Å²) in [7, 11) is 0. The van der Waals surface area contributed by atoms with Gasteiger partial charge in [0.1, 0.15) is 5.84 Å². The fraction of sp³-hybridized carbons (Fsp3) is 0.385. The minimum absolute atomic E-state index is 0.0448. The van der Waals surface area contributed by atoms with E-state index >= 15 is 0 Å². The fourth-order valence-corrected chi connectivity index (χ4v) is 1.08. The number of carbonyl (C=O) groups excluding carboxylic acids is 1. The summed E-state index contributed by atoms with van der Waals surface area (Å²) in [6, 6.07) is 9.35. The number of amidine groups is 1. The maximum Gasteiger partial charge on any atom is 0.313 e. The number of ether oxygens (including phenoxy) is 1. The van der Waals surface area contributed by atoms with Gasteiger partial charge in [-0.1, -0.05) is 30.3 Å². The van der Waals surface area contributed by atoms with Crippen LogP contribution in [0.2, 0.25) is 0 Å². The predicted octanol–water partition coefficient (Wildman–Crippen LogP) is 1.94. The average molecular weight is 234 g/mol. The van der Waals surface area contributed by atoms with E-state index in [1.165, 1.54) is 0 Å². The molecule has 0 aliphatic rings. The minimum Gasteiger partial charge on any atom is -0.442 e. The van der Waals surface area contributed by atoms with E-state index in [0.717, 1.165) is 5.56 Å². The number of rotatable bonds is 3. The second-order valence-electron chi connectivity index (χ2n) is 4.72. The molecule has 0 spiro atoms. The third-order valence-corrected chi connectivity index (χ3v) is 2.11. The zero-order valence-electron chi connectivity index (χ0n) is 10.4. The van der Waals surface area contributed by atoms with Crippen molar-refractivity contribution in [3.63, 3.8) is 0 Å². The van der Waals surface area contributed by atoms with Gasteiger partial charge in [-0.15, -0.1) is 0 Å². The maximum absolute atomic E-state index is 11.5. The molecule has 1 aromatic carbocycles. The van der Waals surface area contributed by atoms with Crippen LogP contribution in [0.25, 0.3) is 0 Å². The second kappa shape index (κ2) is 5.48. The third-order valence-electron chi connectivity index (χ3n) is 2.11. The van der Waals surface area contributed by atoms with E-state index in [9.17, 15) is 4.79 Å². The van der Waals surface area contributed by atoms with Crippen LogP contribution in [0.5, 0.6) is 0 Å². The molecule has 0 saturated heterocycles. The Labute approximate surface area is 101 Å². The van der Waals surface area contributed by atoms with Gasteiger partial charge in [-0.2, -0.15) is 0 Å². The van der Waals surface area contributed by atoms with Crippen molar-refractivity contribution in [2.75, 3.05) is 6.73 Å². The summed E-state index contributed by atoms with van der Waals surface area (Å²) >= 11 is 0. The topological polar surface area (TPSA) is 64.7 Å². The van der Waals surface area contributed by atoms with Gasteiger partial charge in [-0.05, 0) is 20.8 Å². The van der Waals surface area contributed by atoms with Gasteiger partial charge in [0.2, 0.25) is 0 Å². The molecule has 0 atom stereocenters. The summed E-state index contributed by atoms with van der Waals surface area (Å²) in [5.41, 5.74) is 6.05. The number of esters is 1. The molecule has 1 aromatic rings. The molecule has 0 amide bonds. The van der Waals surface area contributed by atoms with E-state index < -0.39 is 5.41 Å². The lowest BCUT2D eigenvalue weighted by Gasteiger charge is -2.15. The van der Waals surface area contributed by atoms with Crippen molar-refractivity contribution in [2.24, 2.45) is 16.1 Å². The van der Waals surface area contributed by atoms with Crippen LogP contribution in [0, 0.1) is 5.41 Å². The lowest BCUT2D eigenvalue weighted by Crippen LogP contribution is -2.24. The zero-order valence-corrected chi connectivity index (χ0v) is 10.4. The van der Waals surface area contributed by atoms with Crippen LogP contribution < -0.4 is 5.73 Å². The molecule has 0 saturated carbocycles. The van der Waals surface area contributed by atoms with Crippen molar-refractivity contribution in [1.82, 2.24) is 0 Å². The van der Waals surface area contributed by atoms with Gasteiger partial charge in [-0.3, -0.25) is 4.79 Å². The summed E-state index contributed by atoms with van der Waals surface area (Å²) in [6.45, 7) is 5.33. The quantitative estimate of drug-likeness (QED) is 0.494. The summed E-state index contributed by atoms with van der Waals surface area (Å²) in [6.07, 6.45) is 0. The number of nitrogens with two attached hydrogens (primary N) is 1. The maximum atomic E-state index is 11.5. The molecule has 2 N–H and O–H groups in total. The molecule has 0 aliphatic carbocycles. The van der Waals surface area contributed by atoms with Gasteiger partial charge < -0.3 is 10.5 Å². The summed E-state index contributed by atoms with van der Waals surface area (Å²) in [4.78, 5) is 15.4. The first-order valence-electron chi connectivity index (χ1n) is 5.44. The molecule has 4 nitrogen and oxygen atoms in total. The van der Waals surface area contributed by atoms with Crippen LogP contribution >= 0.6 is 0 Å². The Morgan fingerprint density at radius 3 is 2.41 bits per heavy atom. The zero-order chi connectivity index (χ0) is 12.9. The molecular formula is C13H18N2O2. The first-order chi connectivity index (χ1) is 7.91. The summed E-state index contributed by atoms with van der Waals surface area (Å²) in [5, 5.41) is 0. The van der Waals surface area contributed by atoms with Crippen LogP contribution in [0.15, 0.2) is 35.3 Å². The molecule has 1 rings (SSSR count). The Hall–Kier alpha value is -1.84. The lowest BCUT2D eigenvalue weighted by atomic mass is 9.98. The molecule has 0 fully saturated rings. The van der Waals surface area contributed by atoms with Gasteiger partial charge in [0.15, 0.2) is 6.73 Å². The van der Waals surface area contributed by atoms with Crippen molar-refractivity contribution in [2.45, 2.75) is 20.8 Å². The van der Waals surface area contributed by atoms with Crippen molar-refractivity contribution in [3.8, 4) is 0 Å². The Morgan fingerprint density at radius 1 is 1.29 bits per heavy atom. The van der Waals surface area contributed by atoms with E-state index in [4.69, 9.17) is 10.5 Å². The number of hydrogen-bond donors (Lipinski definition) is 1. The molecule has 92 valence electrons. The number of carbonyl (C=O) groups is 1. The number of hydrogen-bond acceptors (Lipinski definition) is 3. The lowest BCUT2D eigenvalue weighted by molar-refractivity contribution is -0.152. The normalized spacial score (nSPS) is 12.3. The molecule has 17 heavy (non-hydrogen) atoms. The standard InChI is InChI=1S/C13H18N2O2/c1-13(2,3)12(16)17-9-15-11(14)10-7-5-4-6-8-10/h4-8H,9H2,1-3H3,(H2,14,15). The van der Waals surface area contributed by atoms with Gasteiger partial charge >= 0.3 is 5.97 Å². The van der Waals surface area contributed by atoms with Crippen LogP contribution in [-0.2, 0) is 9.53 Å². The van der Waals surface area contributed by atoms with E-state index in [2.05, 4.69) is 4.99 Å². The molecule has 4 heteroatoms. The average Bonchev–Trinajstić information content (AvgIpc) is 2.28. The van der Waals surface area contributed by atoms with E-state index in [1.54, 1.807) is 20.8 Å². The predicted molar refractivity (Wildman–Crippen MR) is 67.6 cm³/mol. The molecule has 0 radical (unpaired) electrons. The van der Waals surface area contributed by atoms with Crippen LogP contribution in [-0.4, -0.2) is 18.5 Å².